The highest BCUT2D eigenvalue weighted by Crippen LogP contribution is 2.22. The number of amides is 1. The number of halogens is 1. The molecule has 3 rings (SSSR count). The molecule has 0 spiro atoms. The maximum absolute atomic E-state index is 13.1. The zero-order valence-electron chi connectivity index (χ0n) is 13.8. The number of hydrogen-bond donors (Lipinski definition) is 0. The average molecular weight is 392 g/mol. The van der Waals surface area contributed by atoms with Crippen molar-refractivity contribution >= 4 is 21.8 Å². The van der Waals surface area contributed by atoms with Crippen LogP contribution in [0.15, 0.2) is 41.1 Å². The van der Waals surface area contributed by atoms with Crippen molar-refractivity contribution in [1.82, 2.24) is 14.7 Å². The molecule has 1 aromatic heterocycles. The van der Waals surface area contributed by atoms with Gasteiger partial charge in [-0.05, 0) is 40.3 Å². The van der Waals surface area contributed by atoms with Crippen molar-refractivity contribution in [3.63, 3.8) is 0 Å². The van der Waals surface area contributed by atoms with E-state index in [1.807, 2.05) is 30.1 Å². The smallest absolute Gasteiger partial charge is 0.258 e. The first-order chi connectivity index (χ1) is 11.6. The number of nitrogens with zero attached hydrogens (tertiary/aromatic N) is 3. The first kappa shape index (κ1) is 17.2. The Morgan fingerprint density at radius 1 is 1.33 bits per heavy atom. The molecule has 0 atom stereocenters. The highest BCUT2D eigenvalue weighted by molar-refractivity contribution is 9.10. The van der Waals surface area contributed by atoms with Crippen LogP contribution in [0.4, 0.5) is 0 Å². The molecule has 1 aliphatic rings. The molecule has 0 unspecified atom stereocenters. The minimum absolute atomic E-state index is 0.0188. The van der Waals surface area contributed by atoms with E-state index in [9.17, 15) is 4.79 Å². The highest BCUT2D eigenvalue weighted by atomic mass is 79.9. The number of hydrogen-bond acceptors (Lipinski definition) is 3. The number of aryl methyl sites for hydroxylation is 1. The Balaban J connectivity index is 1.80. The Labute approximate surface area is 150 Å². The number of carbonyl (C=O) groups excluding carboxylic acids is 1. The second-order valence-corrected chi connectivity index (χ2v) is 6.95. The van der Waals surface area contributed by atoms with Crippen molar-refractivity contribution in [2.45, 2.75) is 19.4 Å². The topological polar surface area (TPSA) is 47.4 Å². The third-order valence-corrected chi connectivity index (χ3v) is 5.36. The molecule has 1 aromatic carbocycles. The molecule has 24 heavy (non-hydrogen) atoms. The Morgan fingerprint density at radius 2 is 2.04 bits per heavy atom. The third kappa shape index (κ3) is 4.05. The fourth-order valence-corrected chi connectivity index (χ4v) is 3.36. The fraction of sp³-hybridized carbons (Fsp3) is 0.444. The molecular formula is C18H22BrN3O2. The van der Waals surface area contributed by atoms with Gasteiger partial charge in [0.15, 0.2) is 0 Å². The van der Waals surface area contributed by atoms with E-state index in [0.717, 1.165) is 42.8 Å². The third-order valence-electron chi connectivity index (χ3n) is 4.42. The lowest BCUT2D eigenvalue weighted by Gasteiger charge is -2.30. The number of carbonyl (C=O) groups is 1. The first-order valence-corrected chi connectivity index (χ1v) is 9.03. The van der Waals surface area contributed by atoms with Gasteiger partial charge in [-0.1, -0.05) is 30.3 Å². The van der Waals surface area contributed by atoms with Crippen LogP contribution in [-0.2, 0) is 18.3 Å². The van der Waals surface area contributed by atoms with Crippen LogP contribution in [-0.4, -0.2) is 40.3 Å². The summed E-state index contributed by atoms with van der Waals surface area (Å²) in [5.74, 6) is 0.507. The van der Waals surface area contributed by atoms with Crippen molar-refractivity contribution in [3.05, 3.63) is 52.3 Å². The Kier molecular flexibility index (Phi) is 5.68. The number of ether oxygens (including phenoxy) is 1. The van der Waals surface area contributed by atoms with Crippen LogP contribution >= 0.6 is 15.9 Å². The molecule has 2 heterocycles. The molecule has 6 heteroatoms. The summed E-state index contributed by atoms with van der Waals surface area (Å²) in [5, 5.41) is 4.18. The van der Waals surface area contributed by atoms with Crippen LogP contribution < -0.4 is 0 Å². The Bertz CT molecular complexity index is 681. The molecule has 1 aliphatic heterocycles. The van der Waals surface area contributed by atoms with Gasteiger partial charge in [-0.15, -0.1) is 0 Å². The van der Waals surface area contributed by atoms with Crippen LogP contribution in [0.5, 0.6) is 0 Å². The summed E-state index contributed by atoms with van der Waals surface area (Å²) < 4.78 is 7.83. The minimum Gasteiger partial charge on any atom is -0.381 e. The molecule has 2 aromatic rings. The summed E-state index contributed by atoms with van der Waals surface area (Å²) in [6.07, 6.45) is 3.65. The number of rotatable bonds is 5. The fourth-order valence-electron chi connectivity index (χ4n) is 3.00. The first-order valence-electron chi connectivity index (χ1n) is 8.23. The van der Waals surface area contributed by atoms with Crippen LogP contribution in [0.2, 0.25) is 0 Å². The van der Waals surface area contributed by atoms with Gasteiger partial charge >= 0.3 is 0 Å². The molecule has 0 N–H and O–H groups in total. The van der Waals surface area contributed by atoms with Crippen LogP contribution in [0.25, 0.3) is 0 Å². The van der Waals surface area contributed by atoms with E-state index in [-0.39, 0.29) is 5.91 Å². The monoisotopic (exact) mass is 391 g/mol. The van der Waals surface area contributed by atoms with Crippen molar-refractivity contribution < 1.29 is 9.53 Å². The lowest BCUT2D eigenvalue weighted by Crippen LogP contribution is -2.36. The second-order valence-electron chi connectivity index (χ2n) is 6.20. The van der Waals surface area contributed by atoms with Gasteiger partial charge in [-0.3, -0.25) is 9.48 Å². The maximum atomic E-state index is 13.1. The quantitative estimate of drug-likeness (QED) is 0.785. The summed E-state index contributed by atoms with van der Waals surface area (Å²) in [6, 6.07) is 10.1. The summed E-state index contributed by atoms with van der Waals surface area (Å²) in [6.45, 7) is 2.93. The SMILES string of the molecule is Cn1ncc(C(=O)N(Cc2ccccc2)CC2CCOCC2)c1Br. The number of benzene rings is 1. The summed E-state index contributed by atoms with van der Waals surface area (Å²) >= 11 is 3.46. The van der Waals surface area contributed by atoms with Crippen molar-refractivity contribution in [3.8, 4) is 0 Å². The lowest BCUT2D eigenvalue weighted by atomic mass is 9.99. The van der Waals surface area contributed by atoms with Gasteiger partial charge in [0.25, 0.3) is 5.91 Å². The highest BCUT2D eigenvalue weighted by Gasteiger charge is 2.25. The van der Waals surface area contributed by atoms with E-state index in [1.54, 1.807) is 10.9 Å². The average Bonchev–Trinajstić information content (AvgIpc) is 2.95. The van der Waals surface area contributed by atoms with Crippen molar-refractivity contribution in [1.29, 1.82) is 0 Å². The molecule has 0 saturated carbocycles. The summed E-state index contributed by atoms with van der Waals surface area (Å²) in [4.78, 5) is 15.0. The Morgan fingerprint density at radius 3 is 2.67 bits per heavy atom. The molecule has 5 nitrogen and oxygen atoms in total. The molecule has 1 amide bonds. The van der Waals surface area contributed by atoms with E-state index in [4.69, 9.17) is 4.74 Å². The molecular weight excluding hydrogens is 370 g/mol. The molecule has 128 valence electrons. The van der Waals surface area contributed by atoms with Gasteiger partial charge in [-0.25, -0.2) is 0 Å². The van der Waals surface area contributed by atoms with E-state index in [1.165, 1.54) is 0 Å². The standard InChI is InChI=1S/C18H22BrN3O2/c1-21-17(19)16(11-20-21)18(23)22(12-14-5-3-2-4-6-14)13-15-7-9-24-10-8-15/h2-6,11,15H,7-10,12-13H2,1H3. The minimum atomic E-state index is 0.0188. The van der Waals surface area contributed by atoms with Gasteiger partial charge in [0.1, 0.15) is 4.60 Å². The van der Waals surface area contributed by atoms with Gasteiger partial charge < -0.3 is 9.64 Å². The van der Waals surface area contributed by atoms with Crippen LogP contribution in [0, 0.1) is 5.92 Å². The number of aromatic nitrogens is 2. The second kappa shape index (κ2) is 7.94. The van der Waals surface area contributed by atoms with E-state index < -0.39 is 0 Å². The summed E-state index contributed by atoms with van der Waals surface area (Å²) in [7, 11) is 1.82. The van der Waals surface area contributed by atoms with Crippen LogP contribution in [0.3, 0.4) is 0 Å². The van der Waals surface area contributed by atoms with E-state index in [2.05, 4.69) is 33.2 Å². The lowest BCUT2D eigenvalue weighted by molar-refractivity contribution is 0.0445. The zero-order valence-corrected chi connectivity index (χ0v) is 15.4. The van der Waals surface area contributed by atoms with Gasteiger partial charge in [0, 0.05) is 33.4 Å². The Hall–Kier alpha value is -1.66. The van der Waals surface area contributed by atoms with Gasteiger partial charge in [0.05, 0.1) is 11.8 Å². The molecule has 0 aliphatic carbocycles. The van der Waals surface area contributed by atoms with Crippen LogP contribution in [0.1, 0.15) is 28.8 Å². The van der Waals surface area contributed by atoms with Crippen molar-refractivity contribution in [2.24, 2.45) is 13.0 Å². The maximum Gasteiger partial charge on any atom is 0.258 e. The van der Waals surface area contributed by atoms with Gasteiger partial charge in [-0.2, -0.15) is 5.10 Å². The molecule has 0 radical (unpaired) electrons. The zero-order chi connectivity index (χ0) is 16.9. The predicted octanol–water partition coefficient (Wildman–Crippen LogP) is 3.25. The predicted molar refractivity (Wildman–Crippen MR) is 95.6 cm³/mol. The van der Waals surface area contributed by atoms with E-state index in [0.29, 0.717) is 18.0 Å². The van der Waals surface area contributed by atoms with E-state index >= 15 is 0 Å². The molecule has 1 fully saturated rings. The summed E-state index contributed by atoms with van der Waals surface area (Å²) in [5.41, 5.74) is 1.75. The van der Waals surface area contributed by atoms with Gasteiger partial charge in [0.2, 0.25) is 0 Å². The molecule has 1 saturated heterocycles. The normalized spacial score (nSPS) is 15.4. The van der Waals surface area contributed by atoms with Crippen molar-refractivity contribution in [2.75, 3.05) is 19.8 Å². The largest absolute Gasteiger partial charge is 0.381 e. The molecule has 0 bridgehead atoms.